The Kier molecular flexibility index (Phi) is 7.83. The highest BCUT2D eigenvalue weighted by Gasteiger charge is 2.45. The molecule has 0 saturated carbocycles. The standard InChI is InChI=1S/C21H32N2O5/c1-20(2,3)28-19(25)23-12-8-11-21(23,15-22-13-18(24)26-4)16-27-14-17-9-6-5-7-10-17/h5-7,9-10,22H,8,11-16H2,1-4H3/t21-/m0/s1. The number of hydrogen-bond donors (Lipinski definition) is 1. The van der Waals surface area contributed by atoms with Gasteiger partial charge in [0.25, 0.3) is 0 Å². The molecule has 7 nitrogen and oxygen atoms in total. The summed E-state index contributed by atoms with van der Waals surface area (Å²) < 4.78 is 16.3. The zero-order valence-electron chi connectivity index (χ0n) is 17.3. The van der Waals surface area contributed by atoms with E-state index < -0.39 is 11.1 Å². The molecular formula is C21H32N2O5. The monoisotopic (exact) mass is 392 g/mol. The third-order valence-electron chi connectivity index (χ3n) is 4.64. The Hall–Kier alpha value is -2.12. The minimum absolute atomic E-state index is 0.0824. The van der Waals surface area contributed by atoms with E-state index in [1.165, 1.54) is 7.11 Å². The van der Waals surface area contributed by atoms with Crippen LogP contribution in [0.1, 0.15) is 39.2 Å². The van der Waals surface area contributed by atoms with Crippen molar-refractivity contribution < 1.29 is 23.8 Å². The fraction of sp³-hybridized carbons (Fsp3) is 0.619. The van der Waals surface area contributed by atoms with Crippen molar-refractivity contribution in [1.82, 2.24) is 10.2 Å². The summed E-state index contributed by atoms with van der Waals surface area (Å²) in [6.45, 7) is 7.48. The van der Waals surface area contributed by atoms with Gasteiger partial charge in [-0.1, -0.05) is 30.3 Å². The first-order valence-electron chi connectivity index (χ1n) is 9.66. The van der Waals surface area contributed by atoms with E-state index in [9.17, 15) is 9.59 Å². The number of ether oxygens (including phenoxy) is 3. The van der Waals surface area contributed by atoms with Gasteiger partial charge in [-0.2, -0.15) is 0 Å². The van der Waals surface area contributed by atoms with E-state index >= 15 is 0 Å². The van der Waals surface area contributed by atoms with Gasteiger partial charge >= 0.3 is 12.1 Å². The largest absolute Gasteiger partial charge is 0.468 e. The van der Waals surface area contributed by atoms with E-state index in [0.29, 0.717) is 26.3 Å². The maximum atomic E-state index is 12.8. The predicted molar refractivity (Wildman–Crippen MR) is 106 cm³/mol. The predicted octanol–water partition coefficient (Wildman–Crippen LogP) is 2.74. The Labute approximate surface area is 167 Å². The highest BCUT2D eigenvalue weighted by atomic mass is 16.6. The quantitative estimate of drug-likeness (QED) is 0.686. The molecule has 0 radical (unpaired) electrons. The average molecular weight is 392 g/mol. The fourth-order valence-corrected chi connectivity index (χ4v) is 3.33. The molecule has 0 spiro atoms. The second-order valence-corrected chi connectivity index (χ2v) is 8.12. The maximum absolute atomic E-state index is 12.8. The molecule has 1 N–H and O–H groups in total. The highest BCUT2D eigenvalue weighted by molar-refractivity contribution is 5.71. The summed E-state index contributed by atoms with van der Waals surface area (Å²) in [5, 5.41) is 3.11. The van der Waals surface area contributed by atoms with Crippen LogP contribution in [0.3, 0.4) is 0 Å². The normalized spacial score (nSPS) is 19.5. The van der Waals surface area contributed by atoms with Gasteiger partial charge in [0.2, 0.25) is 0 Å². The molecule has 1 heterocycles. The van der Waals surface area contributed by atoms with Crippen LogP contribution in [-0.4, -0.2) is 61.5 Å². The van der Waals surface area contributed by atoms with Crippen molar-refractivity contribution >= 4 is 12.1 Å². The van der Waals surface area contributed by atoms with Crippen LogP contribution in [-0.2, 0) is 25.6 Å². The summed E-state index contributed by atoms with van der Waals surface area (Å²) in [6, 6.07) is 9.90. The number of amides is 1. The molecule has 28 heavy (non-hydrogen) atoms. The van der Waals surface area contributed by atoms with Crippen LogP contribution in [0, 0.1) is 0 Å². The van der Waals surface area contributed by atoms with E-state index in [4.69, 9.17) is 9.47 Å². The van der Waals surface area contributed by atoms with Gasteiger partial charge in [0.15, 0.2) is 0 Å². The number of hydrogen-bond acceptors (Lipinski definition) is 6. The molecule has 1 aromatic rings. The van der Waals surface area contributed by atoms with Crippen molar-refractivity contribution in [2.24, 2.45) is 0 Å². The van der Waals surface area contributed by atoms with Crippen molar-refractivity contribution in [2.45, 2.75) is 51.4 Å². The van der Waals surface area contributed by atoms with Gasteiger partial charge in [-0.05, 0) is 39.2 Å². The first-order valence-corrected chi connectivity index (χ1v) is 9.66. The van der Waals surface area contributed by atoms with Crippen LogP contribution in [0.2, 0.25) is 0 Å². The SMILES string of the molecule is COC(=O)CNC[C@]1(COCc2ccccc2)CCCN1C(=O)OC(C)(C)C. The van der Waals surface area contributed by atoms with E-state index in [1.54, 1.807) is 4.90 Å². The zero-order valence-corrected chi connectivity index (χ0v) is 17.3. The molecule has 1 fully saturated rings. The maximum Gasteiger partial charge on any atom is 0.410 e. The third kappa shape index (κ3) is 6.49. The summed E-state index contributed by atoms with van der Waals surface area (Å²) in [6.07, 6.45) is 1.27. The van der Waals surface area contributed by atoms with Gasteiger partial charge in [-0.25, -0.2) is 4.79 Å². The Morgan fingerprint density at radius 3 is 2.57 bits per heavy atom. The second-order valence-electron chi connectivity index (χ2n) is 8.12. The van der Waals surface area contributed by atoms with E-state index in [0.717, 1.165) is 18.4 Å². The van der Waals surface area contributed by atoms with Gasteiger partial charge in [-0.3, -0.25) is 9.69 Å². The third-order valence-corrected chi connectivity index (χ3v) is 4.64. The molecule has 1 aromatic carbocycles. The average Bonchev–Trinajstić information content (AvgIpc) is 3.05. The number of rotatable bonds is 8. The van der Waals surface area contributed by atoms with Crippen LogP contribution in [0.5, 0.6) is 0 Å². The first kappa shape index (κ1) is 22.2. The lowest BCUT2D eigenvalue weighted by Crippen LogP contribution is -2.57. The molecule has 1 amide bonds. The van der Waals surface area contributed by atoms with E-state index in [-0.39, 0.29) is 18.6 Å². The number of carbonyl (C=O) groups is 2. The zero-order chi connectivity index (χ0) is 20.6. The topological polar surface area (TPSA) is 77.1 Å². The molecule has 0 bridgehead atoms. The molecular weight excluding hydrogens is 360 g/mol. The van der Waals surface area contributed by atoms with Crippen LogP contribution in [0.25, 0.3) is 0 Å². The number of benzene rings is 1. The molecule has 1 saturated heterocycles. The van der Waals surface area contributed by atoms with Crippen molar-refractivity contribution in [1.29, 1.82) is 0 Å². The van der Waals surface area contributed by atoms with Gasteiger partial charge in [0.05, 0.1) is 32.4 Å². The van der Waals surface area contributed by atoms with Crippen molar-refractivity contribution in [3.8, 4) is 0 Å². The van der Waals surface area contributed by atoms with Gasteiger partial charge in [0, 0.05) is 13.1 Å². The summed E-state index contributed by atoms with van der Waals surface area (Å²) >= 11 is 0. The second kappa shape index (κ2) is 9.89. The van der Waals surface area contributed by atoms with Crippen LogP contribution in [0.4, 0.5) is 4.79 Å². The number of likely N-dealkylation sites (tertiary alicyclic amines) is 1. The number of carbonyl (C=O) groups excluding carboxylic acids is 2. The Morgan fingerprint density at radius 1 is 1.21 bits per heavy atom. The van der Waals surface area contributed by atoms with Gasteiger partial charge < -0.3 is 19.5 Å². The minimum Gasteiger partial charge on any atom is -0.468 e. The minimum atomic E-state index is -0.574. The summed E-state index contributed by atoms with van der Waals surface area (Å²) in [7, 11) is 1.35. The van der Waals surface area contributed by atoms with Crippen molar-refractivity contribution in [3.63, 3.8) is 0 Å². The molecule has 1 aliphatic heterocycles. The molecule has 1 atom stereocenters. The van der Waals surface area contributed by atoms with E-state index in [1.807, 2.05) is 51.1 Å². The lowest BCUT2D eigenvalue weighted by Gasteiger charge is -2.39. The molecule has 2 rings (SSSR count). The molecule has 1 aliphatic rings. The van der Waals surface area contributed by atoms with Crippen molar-refractivity contribution in [2.75, 3.05) is 33.4 Å². The fourth-order valence-electron chi connectivity index (χ4n) is 3.33. The highest BCUT2D eigenvalue weighted by Crippen LogP contribution is 2.31. The molecule has 0 aliphatic carbocycles. The molecule has 7 heteroatoms. The van der Waals surface area contributed by atoms with Crippen LogP contribution >= 0.6 is 0 Å². The van der Waals surface area contributed by atoms with Crippen LogP contribution in [0.15, 0.2) is 30.3 Å². The lowest BCUT2D eigenvalue weighted by atomic mass is 9.97. The summed E-state index contributed by atoms with van der Waals surface area (Å²) in [5.74, 6) is -0.345. The van der Waals surface area contributed by atoms with E-state index in [2.05, 4.69) is 10.1 Å². The Balaban J connectivity index is 2.07. The molecule has 0 unspecified atom stereocenters. The Bertz CT molecular complexity index is 644. The smallest absolute Gasteiger partial charge is 0.410 e. The Morgan fingerprint density at radius 2 is 1.93 bits per heavy atom. The van der Waals surface area contributed by atoms with Gasteiger partial charge in [0.1, 0.15) is 5.60 Å². The molecule has 156 valence electrons. The lowest BCUT2D eigenvalue weighted by molar-refractivity contribution is -0.139. The molecule has 0 aromatic heterocycles. The number of esters is 1. The summed E-state index contributed by atoms with van der Waals surface area (Å²) in [4.78, 5) is 26.0. The number of methoxy groups -OCH3 is 1. The summed E-state index contributed by atoms with van der Waals surface area (Å²) in [5.41, 5.74) is -0.0667. The van der Waals surface area contributed by atoms with Crippen LogP contribution < -0.4 is 5.32 Å². The first-order chi connectivity index (χ1) is 13.3. The van der Waals surface area contributed by atoms with Gasteiger partial charge in [-0.15, -0.1) is 0 Å². The van der Waals surface area contributed by atoms with Crippen molar-refractivity contribution in [3.05, 3.63) is 35.9 Å². The number of nitrogens with zero attached hydrogens (tertiary/aromatic N) is 1. The number of nitrogens with one attached hydrogen (secondary N) is 1.